The highest BCUT2D eigenvalue weighted by molar-refractivity contribution is 4.76. The van der Waals surface area contributed by atoms with Crippen molar-refractivity contribution in [1.82, 2.24) is 15.1 Å². The average molecular weight is 300 g/mol. The molecule has 0 aromatic rings. The predicted molar refractivity (Wildman–Crippen MR) is 90.9 cm³/mol. The maximum absolute atomic E-state index is 5.94. The van der Waals surface area contributed by atoms with Crippen molar-refractivity contribution in [1.29, 1.82) is 0 Å². The van der Waals surface area contributed by atoms with E-state index in [0.717, 1.165) is 39.3 Å². The molecule has 1 atom stereocenters. The van der Waals surface area contributed by atoms with E-state index in [1.54, 1.807) is 0 Å². The molecule has 1 saturated heterocycles. The Morgan fingerprint density at radius 1 is 1.33 bits per heavy atom. The van der Waals surface area contributed by atoms with Gasteiger partial charge >= 0.3 is 0 Å². The van der Waals surface area contributed by atoms with E-state index in [1.165, 1.54) is 13.0 Å². The van der Waals surface area contributed by atoms with Crippen molar-refractivity contribution in [2.75, 3.05) is 52.9 Å². The van der Waals surface area contributed by atoms with Crippen LogP contribution in [0.2, 0.25) is 0 Å². The van der Waals surface area contributed by atoms with E-state index in [4.69, 9.17) is 4.74 Å². The van der Waals surface area contributed by atoms with Gasteiger partial charge in [0.1, 0.15) is 0 Å². The summed E-state index contributed by atoms with van der Waals surface area (Å²) in [7, 11) is 2.21. The molecule has 0 radical (unpaired) electrons. The fourth-order valence-corrected chi connectivity index (χ4v) is 3.01. The third-order valence-corrected chi connectivity index (χ3v) is 3.69. The van der Waals surface area contributed by atoms with Crippen molar-refractivity contribution >= 4 is 0 Å². The summed E-state index contributed by atoms with van der Waals surface area (Å²) >= 11 is 0. The summed E-state index contributed by atoms with van der Waals surface area (Å²) in [5.74, 6) is 0. The van der Waals surface area contributed by atoms with Crippen molar-refractivity contribution in [2.24, 2.45) is 5.41 Å². The molecule has 1 aliphatic rings. The molecular formula is C17H37N3O. The molecule has 0 amide bonds. The molecule has 21 heavy (non-hydrogen) atoms. The van der Waals surface area contributed by atoms with Crippen LogP contribution in [0.15, 0.2) is 0 Å². The third kappa shape index (κ3) is 9.46. The first kappa shape index (κ1) is 18.9. The number of likely N-dealkylation sites (N-methyl/N-ethyl adjacent to an activating group) is 1. The molecule has 1 fully saturated rings. The van der Waals surface area contributed by atoms with Crippen molar-refractivity contribution < 1.29 is 4.74 Å². The van der Waals surface area contributed by atoms with Gasteiger partial charge in [0.2, 0.25) is 0 Å². The van der Waals surface area contributed by atoms with E-state index in [-0.39, 0.29) is 0 Å². The molecule has 1 rings (SSSR count). The van der Waals surface area contributed by atoms with Crippen molar-refractivity contribution in [3.63, 3.8) is 0 Å². The Bertz CT molecular complexity index is 276. The number of hydrogen-bond donors (Lipinski definition) is 1. The Kier molecular flexibility index (Phi) is 8.17. The molecule has 0 unspecified atom stereocenters. The predicted octanol–water partition coefficient (Wildman–Crippen LogP) is 2.05. The highest BCUT2D eigenvalue weighted by atomic mass is 16.5. The summed E-state index contributed by atoms with van der Waals surface area (Å²) in [6.45, 7) is 18.8. The lowest BCUT2D eigenvalue weighted by Crippen LogP contribution is -2.48. The van der Waals surface area contributed by atoms with Crippen LogP contribution in [0.5, 0.6) is 0 Å². The van der Waals surface area contributed by atoms with Crippen LogP contribution in [-0.4, -0.2) is 74.9 Å². The van der Waals surface area contributed by atoms with Gasteiger partial charge in [0.25, 0.3) is 0 Å². The molecule has 126 valence electrons. The Hall–Kier alpha value is -0.160. The fourth-order valence-electron chi connectivity index (χ4n) is 3.01. The van der Waals surface area contributed by atoms with Gasteiger partial charge in [0.05, 0.1) is 12.7 Å². The summed E-state index contributed by atoms with van der Waals surface area (Å²) < 4.78 is 5.94. The molecule has 0 bridgehead atoms. The quantitative estimate of drug-likeness (QED) is 0.694. The van der Waals surface area contributed by atoms with Crippen LogP contribution in [-0.2, 0) is 4.74 Å². The zero-order valence-electron chi connectivity index (χ0n) is 15.1. The maximum atomic E-state index is 5.94. The molecule has 1 aliphatic heterocycles. The molecule has 1 heterocycles. The van der Waals surface area contributed by atoms with E-state index < -0.39 is 0 Å². The Morgan fingerprint density at radius 2 is 2.05 bits per heavy atom. The number of morpholine rings is 1. The number of rotatable bonds is 8. The highest BCUT2D eigenvalue weighted by Crippen LogP contribution is 2.15. The van der Waals surface area contributed by atoms with Gasteiger partial charge in [-0.15, -0.1) is 0 Å². The molecule has 0 aliphatic carbocycles. The molecule has 0 aromatic carbocycles. The van der Waals surface area contributed by atoms with Crippen LogP contribution in [0.3, 0.4) is 0 Å². The SMILES string of the molecule is CC(C)NCCCN1CCO[C@H](CN(C)CC(C)(C)C)C1. The number of ether oxygens (including phenoxy) is 1. The fraction of sp³-hybridized carbons (Fsp3) is 1.00. The zero-order valence-corrected chi connectivity index (χ0v) is 15.1. The molecular weight excluding hydrogens is 262 g/mol. The van der Waals surface area contributed by atoms with Crippen LogP contribution in [0.4, 0.5) is 0 Å². The second-order valence-corrected chi connectivity index (χ2v) is 8.01. The van der Waals surface area contributed by atoms with Gasteiger partial charge in [-0.2, -0.15) is 0 Å². The summed E-state index contributed by atoms with van der Waals surface area (Å²) in [4.78, 5) is 4.97. The van der Waals surface area contributed by atoms with Gasteiger partial charge in [0.15, 0.2) is 0 Å². The Morgan fingerprint density at radius 3 is 2.67 bits per heavy atom. The van der Waals surface area contributed by atoms with Crippen molar-refractivity contribution in [3.8, 4) is 0 Å². The number of nitrogens with zero attached hydrogens (tertiary/aromatic N) is 2. The first-order valence-corrected chi connectivity index (χ1v) is 8.52. The van der Waals surface area contributed by atoms with Crippen molar-refractivity contribution in [3.05, 3.63) is 0 Å². The van der Waals surface area contributed by atoms with Gasteiger partial charge in [0, 0.05) is 32.2 Å². The Balaban J connectivity index is 2.22. The smallest absolute Gasteiger partial charge is 0.0829 e. The van der Waals surface area contributed by atoms with Crippen LogP contribution >= 0.6 is 0 Å². The van der Waals surface area contributed by atoms with E-state index in [9.17, 15) is 0 Å². The maximum Gasteiger partial charge on any atom is 0.0829 e. The summed E-state index contributed by atoms with van der Waals surface area (Å²) in [5, 5.41) is 3.49. The van der Waals surface area contributed by atoms with Gasteiger partial charge < -0.3 is 15.0 Å². The lowest BCUT2D eigenvalue weighted by molar-refractivity contribution is -0.0431. The molecule has 4 heteroatoms. The second-order valence-electron chi connectivity index (χ2n) is 8.01. The summed E-state index contributed by atoms with van der Waals surface area (Å²) in [6, 6.07) is 0.591. The molecule has 1 N–H and O–H groups in total. The monoisotopic (exact) mass is 299 g/mol. The van der Waals surface area contributed by atoms with Crippen molar-refractivity contribution in [2.45, 2.75) is 53.2 Å². The average Bonchev–Trinajstić information content (AvgIpc) is 2.32. The summed E-state index contributed by atoms with van der Waals surface area (Å²) in [5.41, 5.74) is 0.353. The Labute approximate surface area is 132 Å². The minimum absolute atomic E-state index is 0.353. The molecule has 4 nitrogen and oxygen atoms in total. The van der Waals surface area contributed by atoms with Gasteiger partial charge in [-0.3, -0.25) is 4.90 Å². The van der Waals surface area contributed by atoms with E-state index in [0.29, 0.717) is 17.6 Å². The summed E-state index contributed by atoms with van der Waals surface area (Å²) in [6.07, 6.45) is 1.59. The minimum Gasteiger partial charge on any atom is -0.374 e. The normalized spacial score (nSPS) is 21.4. The number of nitrogens with one attached hydrogen (secondary N) is 1. The standard InChI is InChI=1S/C17H37N3O/c1-15(2)18-8-7-9-20-10-11-21-16(13-20)12-19(6)14-17(3,4)5/h15-16,18H,7-14H2,1-6H3/t16-/m1/s1. The number of hydrogen-bond acceptors (Lipinski definition) is 4. The molecule has 0 spiro atoms. The van der Waals surface area contributed by atoms with Crippen LogP contribution in [0.25, 0.3) is 0 Å². The van der Waals surface area contributed by atoms with Gasteiger partial charge in [-0.05, 0) is 32.0 Å². The third-order valence-electron chi connectivity index (χ3n) is 3.69. The van der Waals surface area contributed by atoms with Gasteiger partial charge in [-0.25, -0.2) is 0 Å². The van der Waals surface area contributed by atoms with E-state index in [2.05, 4.69) is 56.8 Å². The lowest BCUT2D eigenvalue weighted by Gasteiger charge is -2.36. The van der Waals surface area contributed by atoms with Crippen LogP contribution < -0.4 is 5.32 Å². The van der Waals surface area contributed by atoms with E-state index in [1.807, 2.05) is 0 Å². The first-order chi connectivity index (χ1) is 9.76. The molecule has 0 aromatic heterocycles. The second kappa shape index (κ2) is 9.09. The lowest BCUT2D eigenvalue weighted by atomic mass is 9.96. The van der Waals surface area contributed by atoms with Crippen LogP contribution in [0, 0.1) is 5.41 Å². The van der Waals surface area contributed by atoms with Gasteiger partial charge in [-0.1, -0.05) is 34.6 Å². The largest absolute Gasteiger partial charge is 0.374 e. The zero-order chi connectivity index (χ0) is 15.9. The van der Waals surface area contributed by atoms with Crippen LogP contribution in [0.1, 0.15) is 41.0 Å². The van der Waals surface area contributed by atoms with E-state index >= 15 is 0 Å². The first-order valence-electron chi connectivity index (χ1n) is 8.52. The minimum atomic E-state index is 0.353. The molecule has 0 saturated carbocycles. The highest BCUT2D eigenvalue weighted by Gasteiger charge is 2.23. The topological polar surface area (TPSA) is 27.7 Å².